The van der Waals surface area contributed by atoms with Gasteiger partial charge in [-0.1, -0.05) is 24.3 Å². The number of nitriles is 2. The Bertz CT molecular complexity index is 1220. The van der Waals surface area contributed by atoms with Crippen molar-refractivity contribution in [1.29, 1.82) is 10.5 Å². The molecule has 0 aliphatic heterocycles. The first-order valence-corrected chi connectivity index (χ1v) is 14.8. The highest BCUT2D eigenvalue weighted by molar-refractivity contribution is 5.98. The summed E-state index contributed by atoms with van der Waals surface area (Å²) in [5, 5.41) is 18.5. The largest absolute Gasteiger partial charge is 0.462 e. The lowest BCUT2D eigenvalue weighted by Crippen LogP contribution is -2.28. The Hall–Kier alpha value is -4.64. The number of hydrogen-bond acceptors (Lipinski definition) is 10. The predicted octanol–water partition coefficient (Wildman–Crippen LogP) is 5.01. The second-order valence-corrected chi connectivity index (χ2v) is 9.35. The summed E-state index contributed by atoms with van der Waals surface area (Å²) in [5.41, 5.74) is 3.48. The monoisotopic (exact) mass is 602 g/mol. The Labute approximate surface area is 260 Å². The third-order valence-electron chi connectivity index (χ3n) is 6.52. The zero-order valence-electron chi connectivity index (χ0n) is 26.1. The number of anilines is 2. The van der Waals surface area contributed by atoms with E-state index < -0.39 is 11.9 Å². The molecule has 10 nitrogen and oxygen atoms in total. The van der Waals surface area contributed by atoms with Gasteiger partial charge in [-0.15, -0.1) is 0 Å². The Morgan fingerprint density at radius 1 is 0.636 bits per heavy atom. The lowest BCUT2D eigenvalue weighted by molar-refractivity contribution is -0.138. The van der Waals surface area contributed by atoms with Gasteiger partial charge in [0.2, 0.25) is 0 Å². The number of rotatable bonds is 19. The Morgan fingerprint density at radius 3 is 1.30 bits per heavy atom. The van der Waals surface area contributed by atoms with Crippen molar-refractivity contribution >= 4 is 35.5 Å². The second kappa shape index (κ2) is 20.3. The maximum Gasteiger partial charge on any atom is 0.348 e. The molecule has 2 rings (SSSR count). The van der Waals surface area contributed by atoms with Gasteiger partial charge in [-0.25, -0.2) is 9.59 Å². The standard InChI is InChI=1S/C34H42N4O6/c1-5-37(31-13-9-27(10-14-31)23-29(25-35)33(39)43-7-3)17-19-41-21-22-42-20-18-38(6-2)32-15-11-28(12-16-32)24-30(26-36)34(40)44-8-4/h9-16,23-24H,5-8,17-22H2,1-4H3/b29-23+,30-24+. The first kappa shape index (κ1) is 35.6. The van der Waals surface area contributed by atoms with E-state index in [0.717, 1.165) is 35.6 Å². The molecule has 2 aromatic rings. The fourth-order valence-electron chi connectivity index (χ4n) is 4.20. The van der Waals surface area contributed by atoms with Gasteiger partial charge in [0, 0.05) is 37.6 Å². The minimum atomic E-state index is -0.623. The summed E-state index contributed by atoms with van der Waals surface area (Å²) in [4.78, 5) is 28.1. The molecule has 0 aromatic heterocycles. The number of likely N-dealkylation sites (N-methyl/N-ethyl adjacent to an activating group) is 2. The van der Waals surface area contributed by atoms with Crippen LogP contribution in [0.15, 0.2) is 59.7 Å². The number of carbonyl (C=O) groups is 2. The van der Waals surface area contributed by atoms with E-state index in [1.54, 1.807) is 13.8 Å². The smallest absolute Gasteiger partial charge is 0.348 e. The van der Waals surface area contributed by atoms with Crippen molar-refractivity contribution in [3.05, 3.63) is 70.8 Å². The van der Waals surface area contributed by atoms with Crippen LogP contribution in [0.3, 0.4) is 0 Å². The van der Waals surface area contributed by atoms with Crippen LogP contribution >= 0.6 is 0 Å². The topological polar surface area (TPSA) is 125 Å². The molecule has 0 bridgehead atoms. The van der Waals surface area contributed by atoms with Crippen molar-refractivity contribution < 1.29 is 28.5 Å². The fraction of sp³-hybridized carbons (Fsp3) is 0.412. The number of benzene rings is 2. The molecule has 0 radical (unpaired) electrons. The van der Waals surface area contributed by atoms with Gasteiger partial charge in [0.25, 0.3) is 0 Å². The molecule has 0 amide bonds. The summed E-state index contributed by atoms with van der Waals surface area (Å²) in [5.74, 6) is -1.25. The van der Waals surface area contributed by atoms with Crippen LogP contribution in [0, 0.1) is 22.7 Å². The van der Waals surface area contributed by atoms with Crippen LogP contribution < -0.4 is 9.80 Å². The van der Waals surface area contributed by atoms with Crippen LogP contribution in [-0.2, 0) is 28.5 Å². The molecule has 10 heteroatoms. The Morgan fingerprint density at radius 2 is 1.00 bits per heavy atom. The van der Waals surface area contributed by atoms with Gasteiger partial charge in [0.15, 0.2) is 0 Å². The predicted molar refractivity (Wildman–Crippen MR) is 171 cm³/mol. The average Bonchev–Trinajstić information content (AvgIpc) is 3.04. The van der Waals surface area contributed by atoms with Crippen molar-refractivity contribution in [2.45, 2.75) is 27.7 Å². The van der Waals surface area contributed by atoms with Crippen LogP contribution in [-0.4, -0.2) is 77.8 Å². The molecule has 0 fully saturated rings. The van der Waals surface area contributed by atoms with Crippen LogP contribution in [0.25, 0.3) is 12.2 Å². The van der Waals surface area contributed by atoms with Crippen molar-refractivity contribution in [1.82, 2.24) is 0 Å². The molecule has 0 aliphatic carbocycles. The van der Waals surface area contributed by atoms with Gasteiger partial charge in [0.05, 0.1) is 39.6 Å². The zero-order valence-corrected chi connectivity index (χ0v) is 26.1. The normalized spacial score (nSPS) is 11.3. The Kier molecular flexibility index (Phi) is 16.4. The van der Waals surface area contributed by atoms with E-state index in [-0.39, 0.29) is 24.4 Å². The molecule has 0 spiro atoms. The van der Waals surface area contributed by atoms with E-state index in [4.69, 9.17) is 18.9 Å². The molecule has 0 aliphatic rings. The minimum Gasteiger partial charge on any atom is -0.462 e. The van der Waals surface area contributed by atoms with E-state index in [1.165, 1.54) is 12.2 Å². The lowest BCUT2D eigenvalue weighted by Gasteiger charge is -2.24. The van der Waals surface area contributed by atoms with Crippen molar-refractivity contribution in [3.63, 3.8) is 0 Å². The van der Waals surface area contributed by atoms with Gasteiger partial charge in [-0.3, -0.25) is 0 Å². The first-order chi connectivity index (χ1) is 21.4. The maximum absolute atomic E-state index is 11.8. The highest BCUT2D eigenvalue weighted by Crippen LogP contribution is 2.18. The highest BCUT2D eigenvalue weighted by atomic mass is 16.5. The SMILES string of the molecule is CCOC(=O)/C(C#N)=C/c1ccc(N(CC)CCOCCOCCN(CC)c2ccc(/C=C(\C#N)C(=O)OCC)cc2)cc1. The molecule has 0 heterocycles. The van der Waals surface area contributed by atoms with Crippen molar-refractivity contribution in [2.75, 3.05) is 75.6 Å². The molecular weight excluding hydrogens is 560 g/mol. The van der Waals surface area contributed by atoms with E-state index in [1.807, 2.05) is 60.7 Å². The number of carbonyl (C=O) groups excluding carboxylic acids is 2. The summed E-state index contributed by atoms with van der Waals surface area (Å²) in [6.45, 7) is 13.1. The molecule has 2 aromatic carbocycles. The van der Waals surface area contributed by atoms with Gasteiger partial charge < -0.3 is 28.7 Å². The van der Waals surface area contributed by atoms with Crippen LogP contribution in [0.2, 0.25) is 0 Å². The number of esters is 2. The van der Waals surface area contributed by atoms with Crippen molar-refractivity contribution in [3.8, 4) is 12.1 Å². The van der Waals surface area contributed by atoms with Gasteiger partial charge in [0.1, 0.15) is 23.3 Å². The summed E-state index contributed by atoms with van der Waals surface area (Å²) in [7, 11) is 0. The molecule has 0 saturated carbocycles. The number of hydrogen-bond donors (Lipinski definition) is 0. The van der Waals surface area contributed by atoms with Gasteiger partial charge in [-0.2, -0.15) is 10.5 Å². The quantitative estimate of drug-likeness (QED) is 0.0937. The molecule has 234 valence electrons. The minimum absolute atomic E-state index is 0.0309. The van der Waals surface area contributed by atoms with E-state index in [2.05, 4.69) is 23.6 Å². The summed E-state index contributed by atoms with van der Waals surface area (Å²) >= 11 is 0. The second-order valence-electron chi connectivity index (χ2n) is 9.35. The highest BCUT2D eigenvalue weighted by Gasteiger charge is 2.12. The third-order valence-corrected chi connectivity index (χ3v) is 6.52. The van der Waals surface area contributed by atoms with Crippen LogP contribution in [0.5, 0.6) is 0 Å². The van der Waals surface area contributed by atoms with Gasteiger partial charge >= 0.3 is 11.9 Å². The van der Waals surface area contributed by atoms with E-state index in [9.17, 15) is 20.1 Å². The Balaban J connectivity index is 1.73. The number of ether oxygens (including phenoxy) is 4. The van der Waals surface area contributed by atoms with E-state index >= 15 is 0 Å². The molecule has 44 heavy (non-hydrogen) atoms. The fourth-order valence-corrected chi connectivity index (χ4v) is 4.20. The summed E-state index contributed by atoms with van der Waals surface area (Å²) in [6, 6.07) is 19.1. The van der Waals surface area contributed by atoms with Crippen LogP contribution in [0.1, 0.15) is 38.8 Å². The van der Waals surface area contributed by atoms with Gasteiger partial charge in [-0.05, 0) is 75.2 Å². The zero-order chi connectivity index (χ0) is 32.2. The maximum atomic E-state index is 11.8. The molecule has 0 N–H and O–H groups in total. The molecule has 0 atom stereocenters. The van der Waals surface area contributed by atoms with Crippen LogP contribution in [0.4, 0.5) is 11.4 Å². The summed E-state index contributed by atoms with van der Waals surface area (Å²) < 4.78 is 21.4. The molecule has 0 unspecified atom stereocenters. The van der Waals surface area contributed by atoms with E-state index in [0.29, 0.717) is 39.5 Å². The lowest BCUT2D eigenvalue weighted by atomic mass is 10.1. The van der Waals surface area contributed by atoms with Crippen molar-refractivity contribution in [2.24, 2.45) is 0 Å². The summed E-state index contributed by atoms with van der Waals surface area (Å²) in [6.07, 6.45) is 3.05. The molecule has 0 saturated heterocycles. The number of nitrogens with zero attached hydrogens (tertiary/aromatic N) is 4. The molecular formula is C34H42N4O6. The third kappa shape index (κ3) is 11.9. The average molecular weight is 603 g/mol. The first-order valence-electron chi connectivity index (χ1n) is 14.8.